The van der Waals surface area contributed by atoms with Gasteiger partial charge >= 0.3 is 6.03 Å². The minimum atomic E-state index is -0.483. The van der Waals surface area contributed by atoms with Crippen LogP contribution >= 0.6 is 0 Å². The SMILES string of the molecule is COc1cc(F)cc(NC(=O)NCC(C)CCO)c1. The second-order valence-electron chi connectivity index (χ2n) is 4.33. The molecule has 0 fully saturated rings. The minimum Gasteiger partial charge on any atom is -0.497 e. The molecule has 0 radical (unpaired) electrons. The second kappa shape index (κ2) is 7.58. The van der Waals surface area contributed by atoms with Gasteiger partial charge in [0.15, 0.2) is 0 Å². The van der Waals surface area contributed by atoms with Crippen LogP contribution in [0.3, 0.4) is 0 Å². The lowest BCUT2D eigenvalue weighted by Crippen LogP contribution is -2.32. The monoisotopic (exact) mass is 270 g/mol. The van der Waals surface area contributed by atoms with Gasteiger partial charge in [-0.3, -0.25) is 0 Å². The molecule has 0 spiro atoms. The smallest absolute Gasteiger partial charge is 0.319 e. The Balaban J connectivity index is 2.50. The number of halogens is 1. The molecule has 0 saturated carbocycles. The zero-order valence-electron chi connectivity index (χ0n) is 11.1. The maximum Gasteiger partial charge on any atom is 0.319 e. The summed E-state index contributed by atoms with van der Waals surface area (Å²) in [7, 11) is 1.43. The zero-order chi connectivity index (χ0) is 14.3. The summed E-state index contributed by atoms with van der Waals surface area (Å²) in [6.07, 6.45) is 0.619. The van der Waals surface area contributed by atoms with E-state index in [9.17, 15) is 9.18 Å². The molecule has 0 aliphatic heterocycles. The molecule has 1 aromatic rings. The third-order valence-electron chi connectivity index (χ3n) is 2.60. The predicted molar refractivity (Wildman–Crippen MR) is 70.8 cm³/mol. The highest BCUT2D eigenvalue weighted by molar-refractivity contribution is 5.89. The van der Waals surface area contributed by atoms with Gasteiger partial charge in [-0.15, -0.1) is 0 Å². The van der Waals surface area contributed by atoms with Crippen molar-refractivity contribution in [2.75, 3.05) is 25.6 Å². The number of methoxy groups -OCH3 is 1. The average Bonchev–Trinajstić information content (AvgIpc) is 2.36. The van der Waals surface area contributed by atoms with Crippen molar-refractivity contribution in [1.29, 1.82) is 0 Å². The zero-order valence-corrected chi connectivity index (χ0v) is 11.1. The van der Waals surface area contributed by atoms with Gasteiger partial charge in [0.05, 0.1) is 7.11 Å². The van der Waals surface area contributed by atoms with E-state index in [1.165, 1.54) is 25.3 Å². The number of ether oxygens (including phenoxy) is 1. The first-order chi connectivity index (χ1) is 9.05. The molecular weight excluding hydrogens is 251 g/mol. The van der Waals surface area contributed by atoms with Gasteiger partial charge in [0.2, 0.25) is 0 Å². The van der Waals surface area contributed by atoms with Crippen molar-refractivity contribution >= 4 is 11.7 Å². The van der Waals surface area contributed by atoms with Gasteiger partial charge in [-0.05, 0) is 18.4 Å². The van der Waals surface area contributed by atoms with Crippen LogP contribution in [0.5, 0.6) is 5.75 Å². The van der Waals surface area contributed by atoms with Crippen LogP contribution in [0, 0.1) is 11.7 Å². The number of hydrogen-bond acceptors (Lipinski definition) is 3. The molecule has 0 heterocycles. The molecule has 1 aromatic carbocycles. The van der Waals surface area contributed by atoms with Gasteiger partial charge < -0.3 is 20.5 Å². The summed E-state index contributed by atoms with van der Waals surface area (Å²) >= 11 is 0. The van der Waals surface area contributed by atoms with Crippen molar-refractivity contribution in [1.82, 2.24) is 5.32 Å². The lowest BCUT2D eigenvalue weighted by Gasteiger charge is -2.12. The van der Waals surface area contributed by atoms with Gasteiger partial charge in [-0.2, -0.15) is 0 Å². The van der Waals surface area contributed by atoms with Gasteiger partial charge in [0, 0.05) is 31.0 Å². The van der Waals surface area contributed by atoms with Crippen LogP contribution in [-0.2, 0) is 0 Å². The molecular formula is C13H19FN2O3. The van der Waals surface area contributed by atoms with Crippen LogP contribution in [0.2, 0.25) is 0 Å². The van der Waals surface area contributed by atoms with Gasteiger partial charge in [-0.1, -0.05) is 6.92 Å². The van der Waals surface area contributed by atoms with Crippen molar-refractivity contribution < 1.29 is 19.0 Å². The van der Waals surface area contributed by atoms with Crippen molar-refractivity contribution in [3.8, 4) is 5.75 Å². The molecule has 106 valence electrons. The van der Waals surface area contributed by atoms with Crippen LogP contribution in [0.1, 0.15) is 13.3 Å². The van der Waals surface area contributed by atoms with Gasteiger partial charge in [-0.25, -0.2) is 9.18 Å². The molecule has 0 bridgehead atoms. The molecule has 1 rings (SSSR count). The van der Waals surface area contributed by atoms with Crippen molar-refractivity contribution in [2.45, 2.75) is 13.3 Å². The maximum atomic E-state index is 13.2. The Morgan fingerprint density at radius 3 is 2.84 bits per heavy atom. The Labute approximate surface area is 111 Å². The van der Waals surface area contributed by atoms with Gasteiger partial charge in [0.25, 0.3) is 0 Å². The third-order valence-corrected chi connectivity index (χ3v) is 2.60. The Hall–Kier alpha value is -1.82. The van der Waals surface area contributed by atoms with E-state index in [1.54, 1.807) is 0 Å². The van der Waals surface area contributed by atoms with E-state index in [2.05, 4.69) is 10.6 Å². The van der Waals surface area contributed by atoms with E-state index in [1.807, 2.05) is 6.92 Å². The molecule has 3 N–H and O–H groups in total. The van der Waals surface area contributed by atoms with Crippen LogP contribution in [0.15, 0.2) is 18.2 Å². The fraction of sp³-hybridized carbons (Fsp3) is 0.462. The molecule has 1 unspecified atom stereocenters. The quantitative estimate of drug-likeness (QED) is 0.740. The predicted octanol–water partition coefficient (Wildman–Crippen LogP) is 1.97. The van der Waals surface area contributed by atoms with Crippen molar-refractivity contribution in [3.63, 3.8) is 0 Å². The summed E-state index contributed by atoms with van der Waals surface area (Å²) in [6, 6.07) is 3.54. The topological polar surface area (TPSA) is 70.6 Å². The molecule has 0 aliphatic carbocycles. The highest BCUT2D eigenvalue weighted by Gasteiger charge is 2.07. The van der Waals surface area contributed by atoms with Crippen LogP contribution in [0.4, 0.5) is 14.9 Å². The Kier molecular flexibility index (Phi) is 6.08. The van der Waals surface area contributed by atoms with E-state index in [0.717, 1.165) is 0 Å². The number of nitrogens with one attached hydrogen (secondary N) is 2. The fourth-order valence-electron chi connectivity index (χ4n) is 1.52. The Morgan fingerprint density at radius 2 is 2.21 bits per heavy atom. The van der Waals surface area contributed by atoms with E-state index in [0.29, 0.717) is 24.4 Å². The number of aliphatic hydroxyl groups excluding tert-OH is 1. The van der Waals surface area contributed by atoms with Crippen molar-refractivity contribution in [2.24, 2.45) is 5.92 Å². The van der Waals surface area contributed by atoms with Gasteiger partial charge in [0.1, 0.15) is 11.6 Å². The number of aliphatic hydroxyl groups is 1. The summed E-state index contributed by atoms with van der Waals surface area (Å²) in [4.78, 5) is 11.6. The number of carbonyl (C=O) groups is 1. The average molecular weight is 270 g/mol. The second-order valence-corrected chi connectivity index (χ2v) is 4.33. The molecule has 0 aliphatic rings. The molecule has 6 heteroatoms. The highest BCUT2D eigenvalue weighted by atomic mass is 19.1. The third kappa shape index (κ3) is 5.56. The minimum absolute atomic E-state index is 0.0889. The van der Waals surface area contributed by atoms with Crippen molar-refractivity contribution in [3.05, 3.63) is 24.0 Å². The Bertz CT molecular complexity index is 426. The standard InChI is InChI=1S/C13H19FN2O3/c1-9(3-4-17)8-15-13(18)16-11-5-10(14)6-12(7-11)19-2/h5-7,9,17H,3-4,8H2,1-2H3,(H2,15,16,18). The summed E-state index contributed by atoms with van der Waals surface area (Å²) in [6.45, 7) is 2.45. The number of anilines is 1. The first-order valence-electron chi connectivity index (χ1n) is 6.05. The normalized spacial score (nSPS) is 11.8. The first-order valence-corrected chi connectivity index (χ1v) is 6.05. The number of hydrogen-bond donors (Lipinski definition) is 3. The number of rotatable bonds is 6. The van der Waals surface area contributed by atoms with E-state index in [4.69, 9.17) is 9.84 Å². The van der Waals surface area contributed by atoms with E-state index >= 15 is 0 Å². The van der Waals surface area contributed by atoms with E-state index < -0.39 is 11.8 Å². The molecule has 0 saturated heterocycles. The summed E-state index contributed by atoms with van der Waals surface area (Å²) in [5.41, 5.74) is 0.323. The fourth-order valence-corrected chi connectivity index (χ4v) is 1.52. The Morgan fingerprint density at radius 1 is 1.47 bits per heavy atom. The molecule has 19 heavy (non-hydrogen) atoms. The summed E-state index contributed by atoms with van der Waals surface area (Å²) in [5.74, 6) is 0.0324. The van der Waals surface area contributed by atoms with Crippen LogP contribution < -0.4 is 15.4 Å². The lowest BCUT2D eigenvalue weighted by atomic mass is 10.1. The van der Waals surface area contributed by atoms with Crippen LogP contribution in [-0.4, -0.2) is 31.4 Å². The molecule has 2 amide bonds. The number of amides is 2. The molecule has 1 atom stereocenters. The maximum absolute atomic E-state index is 13.2. The van der Waals surface area contributed by atoms with Crippen LogP contribution in [0.25, 0.3) is 0 Å². The highest BCUT2D eigenvalue weighted by Crippen LogP contribution is 2.19. The van der Waals surface area contributed by atoms with E-state index in [-0.39, 0.29) is 12.5 Å². The first kappa shape index (κ1) is 15.2. The molecule has 0 aromatic heterocycles. The summed E-state index contributed by atoms with van der Waals surface area (Å²) in [5, 5.41) is 13.9. The largest absolute Gasteiger partial charge is 0.497 e. The lowest BCUT2D eigenvalue weighted by molar-refractivity contribution is 0.243. The molecule has 5 nitrogen and oxygen atoms in total. The number of carbonyl (C=O) groups excluding carboxylic acids is 1. The summed E-state index contributed by atoms with van der Waals surface area (Å²) < 4.78 is 18.1. The number of urea groups is 1. The number of benzene rings is 1.